The van der Waals surface area contributed by atoms with E-state index in [1.165, 1.54) is 0 Å². The predicted molar refractivity (Wildman–Crippen MR) is 114 cm³/mol. The second kappa shape index (κ2) is 9.52. The van der Waals surface area contributed by atoms with Crippen molar-refractivity contribution in [2.45, 2.75) is 20.1 Å². The van der Waals surface area contributed by atoms with Crippen LogP contribution in [-0.2, 0) is 13.2 Å². The summed E-state index contributed by atoms with van der Waals surface area (Å²) in [5.41, 5.74) is 4.82. The van der Waals surface area contributed by atoms with Crippen LogP contribution in [0.4, 0.5) is 0 Å². The number of hydrogen-bond donors (Lipinski definition) is 2. The number of benzene rings is 2. The average Bonchev–Trinajstić information content (AvgIpc) is 3.06. The van der Waals surface area contributed by atoms with E-state index in [4.69, 9.17) is 56.5 Å². The summed E-state index contributed by atoms with van der Waals surface area (Å²) in [6.07, 6.45) is 1.56. The van der Waals surface area contributed by atoms with Crippen LogP contribution in [0, 0.1) is 4.77 Å². The van der Waals surface area contributed by atoms with E-state index in [1.807, 2.05) is 19.1 Å². The number of aromatic nitrogens is 3. The lowest BCUT2D eigenvalue weighted by Gasteiger charge is -2.16. The van der Waals surface area contributed by atoms with Crippen LogP contribution in [-0.4, -0.2) is 21.5 Å². The third-order valence-corrected chi connectivity index (χ3v) is 4.92. The third kappa shape index (κ3) is 5.11. The summed E-state index contributed by atoms with van der Waals surface area (Å²) in [5, 5.41) is 8.06. The summed E-state index contributed by atoms with van der Waals surface area (Å²) in [4.78, 5) is 0. The van der Waals surface area contributed by atoms with Crippen LogP contribution in [0.25, 0.3) is 0 Å². The van der Waals surface area contributed by atoms with Crippen molar-refractivity contribution in [3.63, 3.8) is 0 Å². The minimum atomic E-state index is 0.234. The standard InChI is InChI=1S/C18H17Cl3N4O2S/c1-2-26-16-6-11(8-23-25-10-22-24-18(25)28)5-15(21)17(16)27-9-12-3-4-13(19)7-14(12)20/h3-7,10,23H,2,8-9H2,1H3,(H,24,28). The van der Waals surface area contributed by atoms with E-state index < -0.39 is 0 Å². The zero-order chi connectivity index (χ0) is 20.1. The number of H-pyrrole nitrogens is 1. The largest absolute Gasteiger partial charge is 0.490 e. The van der Waals surface area contributed by atoms with Crippen LogP contribution in [0.3, 0.4) is 0 Å². The van der Waals surface area contributed by atoms with Crippen molar-refractivity contribution in [3.8, 4) is 11.5 Å². The van der Waals surface area contributed by atoms with Crippen molar-refractivity contribution in [1.29, 1.82) is 0 Å². The number of aromatic amines is 1. The van der Waals surface area contributed by atoms with Gasteiger partial charge in [-0.05, 0) is 49.0 Å². The summed E-state index contributed by atoms with van der Waals surface area (Å²) in [6, 6.07) is 8.91. The van der Waals surface area contributed by atoms with E-state index in [-0.39, 0.29) is 6.61 Å². The van der Waals surface area contributed by atoms with Crippen LogP contribution < -0.4 is 14.9 Å². The molecule has 10 heteroatoms. The van der Waals surface area contributed by atoms with E-state index in [0.29, 0.717) is 44.5 Å². The average molecular weight is 460 g/mol. The molecule has 148 valence electrons. The molecule has 0 radical (unpaired) electrons. The van der Waals surface area contributed by atoms with Gasteiger partial charge in [0.25, 0.3) is 0 Å². The van der Waals surface area contributed by atoms with Gasteiger partial charge in [-0.15, -0.1) is 0 Å². The molecule has 1 heterocycles. The minimum absolute atomic E-state index is 0.234. The van der Waals surface area contributed by atoms with E-state index in [0.717, 1.165) is 11.1 Å². The van der Waals surface area contributed by atoms with Crippen LogP contribution in [0.2, 0.25) is 15.1 Å². The second-order valence-electron chi connectivity index (χ2n) is 5.73. The number of nitrogens with one attached hydrogen (secondary N) is 2. The summed E-state index contributed by atoms with van der Waals surface area (Å²) >= 11 is 23.7. The van der Waals surface area contributed by atoms with Gasteiger partial charge in [-0.25, -0.2) is 4.68 Å². The Morgan fingerprint density at radius 3 is 2.64 bits per heavy atom. The van der Waals surface area contributed by atoms with Crippen molar-refractivity contribution in [3.05, 3.63) is 67.6 Å². The molecule has 3 rings (SSSR count). The molecule has 0 saturated heterocycles. The third-order valence-electron chi connectivity index (χ3n) is 3.76. The van der Waals surface area contributed by atoms with Crippen LogP contribution in [0.1, 0.15) is 18.1 Å². The SMILES string of the molecule is CCOc1cc(CNn2cn[nH]c2=S)cc(Cl)c1OCc1ccc(Cl)cc1Cl. The molecule has 1 aromatic heterocycles. The van der Waals surface area contributed by atoms with Gasteiger partial charge in [-0.2, -0.15) is 5.10 Å². The molecule has 0 unspecified atom stereocenters. The Labute approximate surface area is 182 Å². The first-order valence-corrected chi connectivity index (χ1v) is 9.90. The molecule has 3 aromatic rings. The summed E-state index contributed by atoms with van der Waals surface area (Å²) in [6.45, 7) is 3.07. The van der Waals surface area contributed by atoms with Gasteiger partial charge < -0.3 is 14.9 Å². The fourth-order valence-electron chi connectivity index (χ4n) is 2.45. The Hall–Kier alpha value is -1.93. The Kier molecular flexibility index (Phi) is 7.07. The van der Waals surface area contributed by atoms with Gasteiger partial charge in [0, 0.05) is 15.6 Å². The van der Waals surface area contributed by atoms with E-state index >= 15 is 0 Å². The molecule has 0 aliphatic carbocycles. The zero-order valence-electron chi connectivity index (χ0n) is 14.8. The van der Waals surface area contributed by atoms with Gasteiger partial charge in [0.2, 0.25) is 4.77 Å². The maximum atomic E-state index is 6.46. The van der Waals surface area contributed by atoms with Crippen molar-refractivity contribution < 1.29 is 9.47 Å². The van der Waals surface area contributed by atoms with Crippen molar-refractivity contribution in [1.82, 2.24) is 14.9 Å². The lowest BCUT2D eigenvalue weighted by molar-refractivity contribution is 0.269. The van der Waals surface area contributed by atoms with Crippen molar-refractivity contribution >= 4 is 47.0 Å². The maximum absolute atomic E-state index is 6.46. The van der Waals surface area contributed by atoms with E-state index in [2.05, 4.69) is 15.6 Å². The van der Waals surface area contributed by atoms with Crippen molar-refractivity contribution in [2.75, 3.05) is 12.0 Å². The van der Waals surface area contributed by atoms with Gasteiger partial charge in [0.1, 0.15) is 12.9 Å². The molecule has 0 aliphatic heterocycles. The Morgan fingerprint density at radius 1 is 1.14 bits per heavy atom. The van der Waals surface area contributed by atoms with Gasteiger partial charge in [0.15, 0.2) is 11.5 Å². The number of halogens is 3. The van der Waals surface area contributed by atoms with Crippen LogP contribution in [0.5, 0.6) is 11.5 Å². The number of hydrogen-bond acceptors (Lipinski definition) is 5. The lowest BCUT2D eigenvalue weighted by Crippen LogP contribution is -2.13. The second-order valence-corrected chi connectivity index (χ2v) is 7.37. The zero-order valence-corrected chi connectivity index (χ0v) is 17.9. The minimum Gasteiger partial charge on any atom is -0.490 e. The van der Waals surface area contributed by atoms with Gasteiger partial charge in [-0.3, -0.25) is 5.10 Å². The molecule has 28 heavy (non-hydrogen) atoms. The van der Waals surface area contributed by atoms with Gasteiger partial charge >= 0.3 is 0 Å². The number of rotatable bonds is 8. The molecule has 2 aromatic carbocycles. The van der Waals surface area contributed by atoms with E-state index in [1.54, 1.807) is 29.2 Å². The fourth-order valence-corrected chi connectivity index (χ4v) is 3.37. The summed E-state index contributed by atoms with van der Waals surface area (Å²) in [7, 11) is 0. The number of nitrogens with zero attached hydrogens (tertiary/aromatic N) is 2. The van der Waals surface area contributed by atoms with Gasteiger partial charge in [-0.1, -0.05) is 40.9 Å². The molecule has 0 spiro atoms. The highest BCUT2D eigenvalue weighted by Gasteiger charge is 2.14. The molecule has 2 N–H and O–H groups in total. The molecule has 0 amide bonds. The Morgan fingerprint density at radius 2 is 1.96 bits per heavy atom. The first-order valence-electron chi connectivity index (χ1n) is 8.35. The lowest BCUT2D eigenvalue weighted by atomic mass is 10.2. The van der Waals surface area contributed by atoms with Crippen molar-refractivity contribution in [2.24, 2.45) is 0 Å². The topological polar surface area (TPSA) is 64.1 Å². The molecule has 6 nitrogen and oxygen atoms in total. The highest BCUT2D eigenvalue weighted by atomic mass is 35.5. The van der Waals surface area contributed by atoms with E-state index in [9.17, 15) is 0 Å². The monoisotopic (exact) mass is 458 g/mol. The Bertz CT molecular complexity index is 1020. The summed E-state index contributed by atoms with van der Waals surface area (Å²) in [5.74, 6) is 1.01. The summed E-state index contributed by atoms with van der Waals surface area (Å²) < 4.78 is 13.7. The van der Waals surface area contributed by atoms with Crippen LogP contribution >= 0.6 is 47.0 Å². The number of ether oxygens (including phenoxy) is 2. The molecular weight excluding hydrogens is 443 g/mol. The maximum Gasteiger partial charge on any atom is 0.214 e. The molecule has 0 saturated carbocycles. The first kappa shape index (κ1) is 20.8. The first-order chi connectivity index (χ1) is 13.5. The smallest absolute Gasteiger partial charge is 0.214 e. The Balaban J connectivity index is 1.78. The molecular formula is C18H17Cl3N4O2S. The molecule has 0 atom stereocenters. The predicted octanol–water partition coefficient (Wildman–Crippen LogP) is 5.62. The normalized spacial score (nSPS) is 10.7. The highest BCUT2D eigenvalue weighted by molar-refractivity contribution is 7.71. The molecule has 0 aliphatic rings. The molecule has 0 bridgehead atoms. The van der Waals surface area contributed by atoms with Crippen LogP contribution in [0.15, 0.2) is 36.7 Å². The fraction of sp³-hybridized carbons (Fsp3) is 0.222. The highest BCUT2D eigenvalue weighted by Crippen LogP contribution is 2.37. The quantitative estimate of drug-likeness (QED) is 0.428. The van der Waals surface area contributed by atoms with Gasteiger partial charge in [0.05, 0.1) is 18.2 Å². The molecule has 0 fully saturated rings.